The maximum absolute atomic E-state index is 12.9. The van der Waals surface area contributed by atoms with Crippen LogP contribution in [-0.4, -0.2) is 17.9 Å². The number of nitro benzene ring substituents is 1. The Bertz CT molecular complexity index is 958. The van der Waals surface area contributed by atoms with Crippen LogP contribution in [0.1, 0.15) is 11.7 Å². The minimum atomic E-state index is -0.936. The van der Waals surface area contributed by atoms with Crippen LogP contribution < -0.4 is 14.8 Å². The molecule has 3 rings (SSSR count). The molecule has 0 spiro atoms. The molecule has 0 fully saturated rings. The summed E-state index contributed by atoms with van der Waals surface area (Å²) in [5.41, 5.74) is 1.17. The molecule has 0 unspecified atom stereocenters. The highest BCUT2D eigenvalue weighted by Gasteiger charge is 2.23. The second kappa shape index (κ2) is 8.68. The molecular formula is C21H18N2O5. The average Bonchev–Trinajstić information content (AvgIpc) is 2.73. The SMILES string of the molecule is COc1cccc(NC(=O)[C@@H](Oc2ccc([N+](=O)[O-])cc2)c2ccccc2)c1. The summed E-state index contributed by atoms with van der Waals surface area (Å²) in [7, 11) is 1.55. The highest BCUT2D eigenvalue weighted by molar-refractivity contribution is 5.95. The van der Waals surface area contributed by atoms with Crippen molar-refractivity contribution in [1.29, 1.82) is 0 Å². The number of anilines is 1. The van der Waals surface area contributed by atoms with Crippen molar-refractivity contribution < 1.29 is 19.2 Å². The molecule has 1 atom stereocenters. The minimum Gasteiger partial charge on any atom is -0.497 e. The number of nitro groups is 1. The predicted octanol–water partition coefficient (Wildman–Crippen LogP) is 4.36. The number of methoxy groups -OCH3 is 1. The lowest BCUT2D eigenvalue weighted by Gasteiger charge is -2.19. The van der Waals surface area contributed by atoms with E-state index in [4.69, 9.17) is 9.47 Å². The first-order valence-electron chi connectivity index (χ1n) is 8.48. The smallest absolute Gasteiger partial charge is 0.270 e. The van der Waals surface area contributed by atoms with Crippen LogP contribution in [0.5, 0.6) is 11.5 Å². The number of carbonyl (C=O) groups excluding carboxylic acids is 1. The number of ether oxygens (including phenoxy) is 2. The van der Waals surface area contributed by atoms with E-state index in [1.807, 2.05) is 6.07 Å². The third kappa shape index (κ3) is 4.64. The normalized spacial score (nSPS) is 11.3. The Kier molecular flexibility index (Phi) is 5.86. The molecule has 0 radical (unpaired) electrons. The number of hydrogen-bond donors (Lipinski definition) is 1. The van der Waals surface area contributed by atoms with Crippen molar-refractivity contribution in [3.05, 3.63) is 94.5 Å². The first-order valence-corrected chi connectivity index (χ1v) is 8.48. The molecule has 1 amide bonds. The quantitative estimate of drug-likeness (QED) is 0.487. The van der Waals surface area contributed by atoms with Gasteiger partial charge < -0.3 is 14.8 Å². The third-order valence-corrected chi connectivity index (χ3v) is 3.98. The van der Waals surface area contributed by atoms with Crippen LogP contribution in [-0.2, 0) is 4.79 Å². The minimum absolute atomic E-state index is 0.0514. The van der Waals surface area contributed by atoms with Crippen LogP contribution in [0.3, 0.4) is 0 Å². The lowest BCUT2D eigenvalue weighted by Crippen LogP contribution is -2.25. The Hall–Kier alpha value is -3.87. The van der Waals surface area contributed by atoms with Crippen LogP contribution in [0, 0.1) is 10.1 Å². The molecule has 0 heterocycles. The molecule has 0 bridgehead atoms. The summed E-state index contributed by atoms with van der Waals surface area (Å²) in [6, 6.07) is 21.6. The molecule has 0 aliphatic rings. The van der Waals surface area contributed by atoms with E-state index < -0.39 is 11.0 Å². The summed E-state index contributed by atoms with van der Waals surface area (Å²) >= 11 is 0. The molecule has 0 aliphatic heterocycles. The maximum Gasteiger partial charge on any atom is 0.270 e. The fraction of sp³-hybridized carbons (Fsp3) is 0.0952. The van der Waals surface area contributed by atoms with Gasteiger partial charge in [-0.2, -0.15) is 0 Å². The van der Waals surface area contributed by atoms with Gasteiger partial charge in [-0.15, -0.1) is 0 Å². The van der Waals surface area contributed by atoms with E-state index in [2.05, 4.69) is 5.32 Å². The number of rotatable bonds is 7. The zero-order valence-electron chi connectivity index (χ0n) is 15.1. The largest absolute Gasteiger partial charge is 0.497 e. The molecule has 0 saturated carbocycles. The van der Waals surface area contributed by atoms with Crippen molar-refractivity contribution in [3.63, 3.8) is 0 Å². The molecule has 7 heteroatoms. The number of benzene rings is 3. The lowest BCUT2D eigenvalue weighted by atomic mass is 10.1. The van der Waals surface area contributed by atoms with Gasteiger partial charge in [-0.1, -0.05) is 36.4 Å². The van der Waals surface area contributed by atoms with Crippen molar-refractivity contribution in [2.24, 2.45) is 0 Å². The third-order valence-electron chi connectivity index (χ3n) is 3.98. The van der Waals surface area contributed by atoms with Gasteiger partial charge >= 0.3 is 0 Å². The molecule has 1 N–H and O–H groups in total. The summed E-state index contributed by atoms with van der Waals surface area (Å²) < 4.78 is 11.0. The second-order valence-electron chi connectivity index (χ2n) is 5.88. The monoisotopic (exact) mass is 378 g/mol. The maximum atomic E-state index is 12.9. The Morgan fingerprint density at radius 2 is 1.68 bits per heavy atom. The van der Waals surface area contributed by atoms with Gasteiger partial charge in [0.25, 0.3) is 11.6 Å². The molecule has 0 aliphatic carbocycles. The number of non-ortho nitro benzene ring substituents is 1. The van der Waals surface area contributed by atoms with E-state index in [1.54, 1.807) is 55.6 Å². The fourth-order valence-corrected chi connectivity index (χ4v) is 2.59. The Morgan fingerprint density at radius 1 is 0.964 bits per heavy atom. The summed E-state index contributed by atoms with van der Waals surface area (Å²) in [6.45, 7) is 0. The summed E-state index contributed by atoms with van der Waals surface area (Å²) in [5.74, 6) is 0.586. The summed E-state index contributed by atoms with van der Waals surface area (Å²) in [4.78, 5) is 23.2. The number of hydrogen-bond acceptors (Lipinski definition) is 5. The van der Waals surface area contributed by atoms with Crippen LogP contribution in [0.2, 0.25) is 0 Å². The standard InChI is InChI=1S/C21H18N2O5/c1-27-19-9-5-8-16(14-19)22-21(24)20(15-6-3-2-4-7-15)28-18-12-10-17(11-13-18)23(25)26/h2-14,20H,1H3,(H,22,24)/t20-/m0/s1. The highest BCUT2D eigenvalue weighted by Crippen LogP contribution is 2.26. The van der Waals surface area contributed by atoms with Crippen molar-refractivity contribution in [1.82, 2.24) is 0 Å². The summed E-state index contributed by atoms with van der Waals surface area (Å²) in [6.07, 6.45) is -0.936. The number of nitrogens with one attached hydrogen (secondary N) is 1. The second-order valence-corrected chi connectivity index (χ2v) is 5.88. The first-order chi connectivity index (χ1) is 13.6. The van der Waals surface area contributed by atoms with E-state index in [-0.39, 0.29) is 11.6 Å². The van der Waals surface area contributed by atoms with Gasteiger partial charge in [0, 0.05) is 29.4 Å². The number of nitrogens with zero attached hydrogens (tertiary/aromatic N) is 1. The number of carbonyl (C=O) groups is 1. The molecule has 0 aromatic heterocycles. The highest BCUT2D eigenvalue weighted by atomic mass is 16.6. The Morgan fingerprint density at radius 3 is 2.32 bits per heavy atom. The van der Waals surface area contributed by atoms with E-state index in [9.17, 15) is 14.9 Å². The van der Waals surface area contributed by atoms with E-state index >= 15 is 0 Å². The van der Waals surface area contributed by atoms with Gasteiger partial charge in [-0.3, -0.25) is 14.9 Å². The van der Waals surface area contributed by atoms with Gasteiger partial charge in [0.1, 0.15) is 11.5 Å². The van der Waals surface area contributed by atoms with Gasteiger partial charge in [-0.25, -0.2) is 0 Å². The molecule has 142 valence electrons. The van der Waals surface area contributed by atoms with Gasteiger partial charge in [-0.05, 0) is 24.3 Å². The van der Waals surface area contributed by atoms with Crippen molar-refractivity contribution >= 4 is 17.3 Å². The van der Waals surface area contributed by atoms with Crippen LogP contribution in [0.4, 0.5) is 11.4 Å². The average molecular weight is 378 g/mol. The zero-order valence-corrected chi connectivity index (χ0v) is 15.1. The van der Waals surface area contributed by atoms with Crippen LogP contribution in [0.15, 0.2) is 78.9 Å². The molecule has 7 nitrogen and oxygen atoms in total. The molecule has 0 saturated heterocycles. The van der Waals surface area contributed by atoms with Gasteiger partial charge in [0.05, 0.1) is 12.0 Å². The molecule has 3 aromatic carbocycles. The Labute approximate surface area is 161 Å². The molecule has 28 heavy (non-hydrogen) atoms. The molecular weight excluding hydrogens is 360 g/mol. The molecule has 3 aromatic rings. The number of amides is 1. The van der Waals surface area contributed by atoms with Gasteiger partial charge in [0.15, 0.2) is 0 Å². The lowest BCUT2D eigenvalue weighted by molar-refractivity contribution is -0.384. The van der Waals surface area contributed by atoms with Crippen LogP contribution >= 0.6 is 0 Å². The summed E-state index contributed by atoms with van der Waals surface area (Å²) in [5, 5.41) is 13.6. The predicted molar refractivity (Wildman–Crippen MR) is 105 cm³/mol. The van der Waals surface area contributed by atoms with E-state index in [1.165, 1.54) is 24.3 Å². The zero-order chi connectivity index (χ0) is 19.9. The fourth-order valence-electron chi connectivity index (χ4n) is 2.59. The first kappa shape index (κ1) is 18.9. The van der Waals surface area contributed by atoms with Gasteiger partial charge in [0.2, 0.25) is 6.10 Å². The van der Waals surface area contributed by atoms with E-state index in [0.29, 0.717) is 22.7 Å². The topological polar surface area (TPSA) is 90.7 Å². The van der Waals surface area contributed by atoms with Crippen molar-refractivity contribution in [2.45, 2.75) is 6.10 Å². The Balaban J connectivity index is 1.84. The van der Waals surface area contributed by atoms with Crippen molar-refractivity contribution in [2.75, 3.05) is 12.4 Å². The van der Waals surface area contributed by atoms with Crippen molar-refractivity contribution in [3.8, 4) is 11.5 Å². The van der Waals surface area contributed by atoms with E-state index in [0.717, 1.165) is 0 Å². The van der Waals surface area contributed by atoms with Crippen LogP contribution in [0.25, 0.3) is 0 Å².